The van der Waals surface area contributed by atoms with E-state index >= 15 is 0 Å². The maximum Gasteiger partial charge on any atom is 0.0499 e. The molecule has 1 saturated heterocycles. The summed E-state index contributed by atoms with van der Waals surface area (Å²) in [5, 5.41) is 0. The van der Waals surface area contributed by atoms with Crippen LogP contribution in [0.3, 0.4) is 0 Å². The molecule has 2 N–H and O–H groups in total. The number of rotatable bonds is 4. The second-order valence-corrected chi connectivity index (χ2v) is 7.21. The molecular weight excluding hydrogens is 320 g/mol. The van der Waals surface area contributed by atoms with Gasteiger partial charge in [0.2, 0.25) is 0 Å². The fourth-order valence-corrected chi connectivity index (χ4v) is 3.82. The van der Waals surface area contributed by atoms with E-state index in [4.69, 9.17) is 5.73 Å². The van der Waals surface area contributed by atoms with Crippen LogP contribution in [-0.4, -0.2) is 35.5 Å². The molecule has 2 rings (SSSR count). The van der Waals surface area contributed by atoms with Crippen molar-refractivity contribution in [3.05, 3.63) is 34.3 Å². The predicted molar refractivity (Wildman–Crippen MR) is 88.7 cm³/mol. The van der Waals surface area contributed by atoms with Gasteiger partial charge in [0.15, 0.2) is 0 Å². The van der Waals surface area contributed by atoms with Crippen LogP contribution in [0.25, 0.3) is 0 Å². The molecule has 1 aromatic rings. The maximum absolute atomic E-state index is 6.41. The third kappa shape index (κ3) is 4.22. The summed E-state index contributed by atoms with van der Waals surface area (Å²) in [5.74, 6) is 2.51. The Balaban J connectivity index is 2.21. The average molecular weight is 343 g/mol. The Bertz CT molecular complexity index is 374. The van der Waals surface area contributed by atoms with E-state index < -0.39 is 0 Å². The minimum atomic E-state index is 0.212. The van der Waals surface area contributed by atoms with Gasteiger partial charge in [-0.05, 0) is 42.8 Å². The maximum atomic E-state index is 6.41. The van der Waals surface area contributed by atoms with Gasteiger partial charge in [-0.2, -0.15) is 11.8 Å². The van der Waals surface area contributed by atoms with Gasteiger partial charge >= 0.3 is 0 Å². The van der Waals surface area contributed by atoms with Crippen LogP contribution in [0.4, 0.5) is 0 Å². The standard InChI is InChI=1S/C15H23BrN2S/c1-2-14(17)15(12-4-6-13(16)7-5-12)18-8-3-10-19-11-9-18/h4-7,14-15H,2-3,8-11,17H2,1H3. The Morgan fingerprint density at radius 1 is 1.26 bits per heavy atom. The van der Waals surface area contributed by atoms with Gasteiger partial charge in [-0.15, -0.1) is 0 Å². The predicted octanol–water partition coefficient (Wildman–Crippen LogP) is 3.67. The van der Waals surface area contributed by atoms with Gasteiger partial charge in [-0.25, -0.2) is 0 Å². The summed E-state index contributed by atoms with van der Waals surface area (Å²) in [5.41, 5.74) is 7.76. The molecule has 0 spiro atoms. The number of halogens is 1. The molecule has 0 aliphatic carbocycles. The van der Waals surface area contributed by atoms with Gasteiger partial charge < -0.3 is 5.73 Å². The highest BCUT2D eigenvalue weighted by Crippen LogP contribution is 2.28. The van der Waals surface area contributed by atoms with Crippen LogP contribution >= 0.6 is 27.7 Å². The molecule has 1 aliphatic rings. The van der Waals surface area contributed by atoms with E-state index in [0.29, 0.717) is 6.04 Å². The van der Waals surface area contributed by atoms with Crippen LogP contribution in [0.1, 0.15) is 31.4 Å². The first-order valence-electron chi connectivity index (χ1n) is 7.05. The second-order valence-electron chi connectivity index (χ2n) is 5.07. The van der Waals surface area contributed by atoms with Gasteiger partial charge in [0.1, 0.15) is 0 Å². The van der Waals surface area contributed by atoms with Crippen LogP contribution in [0.15, 0.2) is 28.7 Å². The molecule has 0 saturated carbocycles. The zero-order valence-electron chi connectivity index (χ0n) is 11.5. The first kappa shape index (κ1) is 15.4. The largest absolute Gasteiger partial charge is 0.326 e. The summed E-state index contributed by atoms with van der Waals surface area (Å²) in [6.45, 7) is 4.50. The number of nitrogens with two attached hydrogens (primary N) is 1. The van der Waals surface area contributed by atoms with E-state index in [1.165, 1.54) is 30.0 Å². The topological polar surface area (TPSA) is 29.3 Å². The Kier molecular flexibility index (Phi) is 6.20. The van der Waals surface area contributed by atoms with E-state index in [9.17, 15) is 0 Å². The zero-order chi connectivity index (χ0) is 13.7. The van der Waals surface area contributed by atoms with Crippen LogP contribution < -0.4 is 5.73 Å². The molecule has 0 amide bonds. The highest BCUT2D eigenvalue weighted by atomic mass is 79.9. The molecule has 2 unspecified atom stereocenters. The molecule has 0 aromatic heterocycles. The number of thioether (sulfide) groups is 1. The third-order valence-corrected chi connectivity index (χ3v) is 5.32. The van der Waals surface area contributed by atoms with Crippen molar-refractivity contribution in [1.29, 1.82) is 0 Å². The molecule has 2 atom stereocenters. The summed E-state index contributed by atoms with van der Waals surface area (Å²) in [7, 11) is 0. The van der Waals surface area contributed by atoms with Crippen molar-refractivity contribution in [1.82, 2.24) is 4.90 Å². The van der Waals surface area contributed by atoms with Crippen molar-refractivity contribution in [2.45, 2.75) is 31.8 Å². The molecular formula is C15H23BrN2S. The lowest BCUT2D eigenvalue weighted by atomic mass is 9.96. The highest BCUT2D eigenvalue weighted by Gasteiger charge is 2.26. The quantitative estimate of drug-likeness (QED) is 0.905. The monoisotopic (exact) mass is 342 g/mol. The first-order chi connectivity index (χ1) is 9.22. The number of benzene rings is 1. The summed E-state index contributed by atoms with van der Waals surface area (Å²) in [4.78, 5) is 2.58. The van der Waals surface area contributed by atoms with E-state index in [-0.39, 0.29) is 6.04 Å². The SMILES string of the molecule is CCC(N)C(c1ccc(Br)cc1)N1CCCSCC1. The second kappa shape index (κ2) is 7.67. The van der Waals surface area contributed by atoms with Crippen LogP contribution in [0.2, 0.25) is 0 Å². The first-order valence-corrected chi connectivity index (χ1v) is 9.00. The molecule has 19 heavy (non-hydrogen) atoms. The van der Waals surface area contributed by atoms with Crippen LogP contribution in [0, 0.1) is 0 Å². The normalized spacial score (nSPS) is 20.8. The Morgan fingerprint density at radius 3 is 2.68 bits per heavy atom. The molecule has 0 radical (unpaired) electrons. The van der Waals surface area contributed by atoms with Gasteiger partial charge in [0, 0.05) is 28.9 Å². The minimum Gasteiger partial charge on any atom is -0.326 e. The lowest BCUT2D eigenvalue weighted by molar-refractivity contribution is 0.182. The number of hydrogen-bond acceptors (Lipinski definition) is 3. The Morgan fingerprint density at radius 2 is 2.00 bits per heavy atom. The van der Waals surface area contributed by atoms with Gasteiger partial charge in [0.25, 0.3) is 0 Å². The summed E-state index contributed by atoms with van der Waals surface area (Å²) in [6.07, 6.45) is 2.29. The molecule has 1 aromatic carbocycles. The fourth-order valence-electron chi connectivity index (χ4n) is 2.66. The van der Waals surface area contributed by atoms with E-state index in [2.05, 4.69) is 63.8 Å². The van der Waals surface area contributed by atoms with Crippen molar-refractivity contribution in [2.75, 3.05) is 24.6 Å². The van der Waals surface area contributed by atoms with Crippen molar-refractivity contribution < 1.29 is 0 Å². The highest BCUT2D eigenvalue weighted by molar-refractivity contribution is 9.10. The molecule has 4 heteroatoms. The molecule has 106 valence electrons. The van der Waals surface area contributed by atoms with Crippen LogP contribution in [-0.2, 0) is 0 Å². The molecule has 1 aliphatic heterocycles. The van der Waals surface area contributed by atoms with Gasteiger partial charge in [-0.3, -0.25) is 4.90 Å². The lowest BCUT2D eigenvalue weighted by Gasteiger charge is -2.34. The zero-order valence-corrected chi connectivity index (χ0v) is 13.9. The van der Waals surface area contributed by atoms with Crippen LogP contribution in [0.5, 0.6) is 0 Å². The van der Waals surface area contributed by atoms with Crippen molar-refractivity contribution in [2.24, 2.45) is 5.73 Å². The fraction of sp³-hybridized carbons (Fsp3) is 0.600. The van der Waals surface area contributed by atoms with E-state index in [1.807, 2.05) is 0 Å². The lowest BCUT2D eigenvalue weighted by Crippen LogP contribution is -2.41. The van der Waals surface area contributed by atoms with E-state index in [1.54, 1.807) is 0 Å². The third-order valence-electron chi connectivity index (χ3n) is 3.74. The average Bonchev–Trinajstić information content (AvgIpc) is 2.70. The summed E-state index contributed by atoms with van der Waals surface area (Å²) >= 11 is 5.57. The molecule has 1 heterocycles. The van der Waals surface area contributed by atoms with Gasteiger partial charge in [-0.1, -0.05) is 35.0 Å². The van der Waals surface area contributed by atoms with E-state index in [0.717, 1.165) is 17.4 Å². The van der Waals surface area contributed by atoms with Crippen molar-refractivity contribution in [3.8, 4) is 0 Å². The number of nitrogens with zero attached hydrogens (tertiary/aromatic N) is 1. The van der Waals surface area contributed by atoms with Crippen molar-refractivity contribution >= 4 is 27.7 Å². The molecule has 1 fully saturated rings. The van der Waals surface area contributed by atoms with Gasteiger partial charge in [0.05, 0.1) is 0 Å². The molecule has 0 bridgehead atoms. The number of hydrogen-bond donors (Lipinski definition) is 1. The summed E-state index contributed by atoms with van der Waals surface area (Å²) in [6, 6.07) is 9.24. The Hall–Kier alpha value is -0.0300. The van der Waals surface area contributed by atoms with Crippen molar-refractivity contribution in [3.63, 3.8) is 0 Å². The summed E-state index contributed by atoms with van der Waals surface area (Å²) < 4.78 is 1.13. The minimum absolute atomic E-state index is 0.212. The Labute approximate surface area is 129 Å². The molecule has 2 nitrogen and oxygen atoms in total. The smallest absolute Gasteiger partial charge is 0.0499 e.